The zero-order chi connectivity index (χ0) is 15.1. The highest BCUT2D eigenvalue weighted by Gasteiger charge is 2.24. The summed E-state index contributed by atoms with van der Waals surface area (Å²) >= 11 is 5.61. The average molecular weight is 312 g/mol. The lowest BCUT2D eigenvalue weighted by molar-refractivity contribution is -0.118. The summed E-state index contributed by atoms with van der Waals surface area (Å²) in [6, 6.07) is 8.76. The number of alkyl halides is 1. The Labute approximate surface area is 128 Å². The van der Waals surface area contributed by atoms with Gasteiger partial charge in [-0.3, -0.25) is 4.79 Å². The van der Waals surface area contributed by atoms with Crippen LogP contribution in [0.15, 0.2) is 30.3 Å². The summed E-state index contributed by atoms with van der Waals surface area (Å²) in [6.07, 6.45) is 0.224. The first-order valence-corrected chi connectivity index (χ1v) is 7.40. The van der Waals surface area contributed by atoms with Gasteiger partial charge in [-0.25, -0.2) is 4.79 Å². The van der Waals surface area contributed by atoms with Gasteiger partial charge in [-0.05, 0) is 12.0 Å². The summed E-state index contributed by atoms with van der Waals surface area (Å²) in [7, 11) is 0. The fraction of sp³-hybridized carbons (Fsp3) is 0.467. The number of hydrogen-bond acceptors (Lipinski definition) is 4. The van der Waals surface area contributed by atoms with Crippen molar-refractivity contribution in [3.63, 3.8) is 0 Å². The molecule has 0 saturated carbocycles. The Hall–Kier alpha value is -1.59. The topological polar surface area (TPSA) is 64.6 Å². The molecule has 0 bridgehead atoms. The van der Waals surface area contributed by atoms with Crippen molar-refractivity contribution < 1.29 is 19.1 Å². The Morgan fingerprint density at radius 2 is 2.14 bits per heavy atom. The van der Waals surface area contributed by atoms with E-state index in [2.05, 4.69) is 5.32 Å². The standard InChI is InChI=1S/C15H18ClNO4/c16-9-14(18)13(8-11-4-2-1-3-5-11)17-15(19)21-12-6-7-20-10-12/h1-5,12-13H,6-10H2,(H,17,19)/t12-,13-/m0/s1. The van der Waals surface area contributed by atoms with Crippen LogP contribution in [-0.2, 0) is 20.7 Å². The number of amides is 1. The van der Waals surface area contributed by atoms with E-state index in [4.69, 9.17) is 21.1 Å². The van der Waals surface area contributed by atoms with Gasteiger partial charge in [-0.15, -0.1) is 11.6 Å². The summed E-state index contributed by atoms with van der Waals surface area (Å²) in [5.41, 5.74) is 0.950. The number of ether oxygens (including phenoxy) is 2. The predicted octanol–water partition coefficient (Wildman–Crippen LogP) is 1.92. The fourth-order valence-electron chi connectivity index (χ4n) is 2.12. The van der Waals surface area contributed by atoms with Crippen LogP contribution in [0.4, 0.5) is 4.79 Å². The minimum atomic E-state index is -0.681. The van der Waals surface area contributed by atoms with Crippen molar-refractivity contribution in [1.82, 2.24) is 5.32 Å². The molecule has 1 aliphatic rings. The van der Waals surface area contributed by atoms with Gasteiger partial charge in [0.25, 0.3) is 0 Å². The molecule has 6 heteroatoms. The van der Waals surface area contributed by atoms with E-state index < -0.39 is 12.1 Å². The number of carbonyl (C=O) groups is 2. The summed E-state index contributed by atoms with van der Waals surface area (Å²) < 4.78 is 10.3. The SMILES string of the molecule is O=C(N[C@@H](Cc1ccccc1)C(=O)CCl)O[C@H]1CCOC1. The predicted molar refractivity (Wildman–Crippen MR) is 78.5 cm³/mol. The molecule has 5 nitrogen and oxygen atoms in total. The number of halogens is 1. The highest BCUT2D eigenvalue weighted by atomic mass is 35.5. The highest BCUT2D eigenvalue weighted by molar-refractivity contribution is 6.28. The molecule has 1 aromatic rings. The molecule has 1 saturated heterocycles. The lowest BCUT2D eigenvalue weighted by Crippen LogP contribution is -2.44. The van der Waals surface area contributed by atoms with E-state index in [0.717, 1.165) is 5.56 Å². The molecule has 0 spiro atoms. The van der Waals surface area contributed by atoms with Crippen molar-refractivity contribution in [2.75, 3.05) is 19.1 Å². The molecule has 1 fully saturated rings. The number of Topliss-reactive ketones (excluding diaryl/α,β-unsaturated/α-hetero) is 1. The number of nitrogens with one attached hydrogen (secondary N) is 1. The largest absolute Gasteiger partial charge is 0.444 e. The van der Waals surface area contributed by atoms with E-state index >= 15 is 0 Å². The van der Waals surface area contributed by atoms with Gasteiger partial charge in [0.05, 0.1) is 25.1 Å². The zero-order valence-electron chi connectivity index (χ0n) is 11.6. The van der Waals surface area contributed by atoms with Crippen molar-refractivity contribution in [2.24, 2.45) is 0 Å². The molecular formula is C15H18ClNO4. The summed E-state index contributed by atoms with van der Waals surface area (Å²) in [6.45, 7) is 0.992. The van der Waals surface area contributed by atoms with Crippen molar-refractivity contribution in [3.05, 3.63) is 35.9 Å². The summed E-state index contributed by atoms with van der Waals surface area (Å²) in [4.78, 5) is 23.7. The molecule has 1 aliphatic heterocycles. The smallest absolute Gasteiger partial charge is 0.408 e. The molecule has 114 valence electrons. The van der Waals surface area contributed by atoms with E-state index in [0.29, 0.717) is 26.1 Å². The maximum absolute atomic E-state index is 11.9. The van der Waals surface area contributed by atoms with Crippen LogP contribution >= 0.6 is 11.6 Å². The van der Waals surface area contributed by atoms with Gasteiger partial charge in [0.15, 0.2) is 5.78 Å². The van der Waals surface area contributed by atoms with E-state index in [-0.39, 0.29) is 17.8 Å². The lowest BCUT2D eigenvalue weighted by Gasteiger charge is -2.18. The van der Waals surface area contributed by atoms with Gasteiger partial charge in [-0.2, -0.15) is 0 Å². The maximum atomic E-state index is 11.9. The first-order chi connectivity index (χ1) is 10.2. The second kappa shape index (κ2) is 8.00. The van der Waals surface area contributed by atoms with Crippen LogP contribution in [0.1, 0.15) is 12.0 Å². The maximum Gasteiger partial charge on any atom is 0.408 e. The first-order valence-electron chi connectivity index (χ1n) is 6.86. The fourth-order valence-corrected chi connectivity index (χ4v) is 2.31. The Morgan fingerprint density at radius 1 is 1.38 bits per heavy atom. The second-order valence-electron chi connectivity index (χ2n) is 4.88. The molecule has 21 heavy (non-hydrogen) atoms. The zero-order valence-corrected chi connectivity index (χ0v) is 12.3. The van der Waals surface area contributed by atoms with E-state index in [9.17, 15) is 9.59 Å². The van der Waals surface area contributed by atoms with Crippen LogP contribution < -0.4 is 5.32 Å². The van der Waals surface area contributed by atoms with Gasteiger partial charge in [0, 0.05) is 6.42 Å². The van der Waals surface area contributed by atoms with Gasteiger partial charge in [-0.1, -0.05) is 30.3 Å². The lowest BCUT2D eigenvalue weighted by atomic mass is 10.0. The van der Waals surface area contributed by atoms with Crippen molar-refractivity contribution in [1.29, 1.82) is 0 Å². The van der Waals surface area contributed by atoms with Gasteiger partial charge in [0.2, 0.25) is 0 Å². The Balaban J connectivity index is 1.92. The van der Waals surface area contributed by atoms with Crippen molar-refractivity contribution in [2.45, 2.75) is 25.0 Å². The van der Waals surface area contributed by atoms with E-state index in [1.165, 1.54) is 0 Å². The molecule has 0 aliphatic carbocycles. The average Bonchev–Trinajstić information content (AvgIpc) is 2.99. The third-order valence-corrected chi connectivity index (χ3v) is 3.52. The van der Waals surface area contributed by atoms with Crippen molar-refractivity contribution in [3.8, 4) is 0 Å². The number of hydrogen-bond donors (Lipinski definition) is 1. The van der Waals surface area contributed by atoms with Crippen LogP contribution in [0.2, 0.25) is 0 Å². The number of carbonyl (C=O) groups excluding carboxylic acids is 2. The van der Waals surface area contributed by atoms with Crippen LogP contribution in [-0.4, -0.2) is 43.1 Å². The van der Waals surface area contributed by atoms with E-state index in [1.807, 2.05) is 30.3 Å². The van der Waals surface area contributed by atoms with Gasteiger partial charge >= 0.3 is 6.09 Å². The monoisotopic (exact) mass is 311 g/mol. The quantitative estimate of drug-likeness (QED) is 0.815. The molecule has 0 aromatic heterocycles. The molecule has 2 rings (SSSR count). The molecule has 1 N–H and O–H groups in total. The number of ketones is 1. The number of benzene rings is 1. The molecule has 2 atom stereocenters. The molecule has 0 unspecified atom stereocenters. The molecule has 0 radical (unpaired) electrons. The normalized spacial score (nSPS) is 19.0. The van der Waals surface area contributed by atoms with Gasteiger partial charge < -0.3 is 14.8 Å². The third-order valence-electron chi connectivity index (χ3n) is 3.26. The van der Waals surface area contributed by atoms with Crippen LogP contribution in [0.3, 0.4) is 0 Å². The minimum Gasteiger partial charge on any atom is -0.444 e. The Kier molecular flexibility index (Phi) is 6.02. The number of rotatable bonds is 6. The summed E-state index contributed by atoms with van der Waals surface area (Å²) in [5, 5.41) is 2.59. The van der Waals surface area contributed by atoms with Crippen LogP contribution in [0, 0.1) is 0 Å². The van der Waals surface area contributed by atoms with Crippen LogP contribution in [0.25, 0.3) is 0 Å². The number of alkyl carbamates (subject to hydrolysis) is 1. The molecule has 1 heterocycles. The second-order valence-corrected chi connectivity index (χ2v) is 5.14. The molecule has 1 aromatic carbocycles. The summed E-state index contributed by atoms with van der Waals surface area (Å²) in [5.74, 6) is -0.384. The van der Waals surface area contributed by atoms with Crippen LogP contribution in [0.5, 0.6) is 0 Å². The Morgan fingerprint density at radius 3 is 2.76 bits per heavy atom. The third kappa shape index (κ3) is 5.02. The first kappa shape index (κ1) is 15.8. The highest BCUT2D eigenvalue weighted by Crippen LogP contribution is 2.09. The van der Waals surface area contributed by atoms with Crippen molar-refractivity contribution >= 4 is 23.5 Å². The molecular weight excluding hydrogens is 294 g/mol. The minimum absolute atomic E-state index is 0.148. The Bertz CT molecular complexity index is 474. The van der Waals surface area contributed by atoms with Gasteiger partial charge in [0.1, 0.15) is 6.10 Å². The van der Waals surface area contributed by atoms with E-state index in [1.54, 1.807) is 0 Å². The molecule has 1 amide bonds.